The van der Waals surface area contributed by atoms with E-state index in [1.165, 1.54) is 0 Å². The number of primary amides is 1. The van der Waals surface area contributed by atoms with Crippen LogP contribution in [0.3, 0.4) is 0 Å². The summed E-state index contributed by atoms with van der Waals surface area (Å²) < 4.78 is 29.0. The monoisotopic (exact) mass is 305 g/mol. The van der Waals surface area contributed by atoms with Crippen molar-refractivity contribution in [3.05, 3.63) is 60.2 Å². The quantitative estimate of drug-likeness (QED) is 0.917. The molecule has 0 saturated heterocycles. The van der Waals surface area contributed by atoms with Crippen molar-refractivity contribution in [2.24, 2.45) is 5.73 Å². The third-order valence-corrected chi connectivity index (χ3v) is 4.64. The molecule has 0 unspecified atom stereocenters. The highest BCUT2D eigenvalue weighted by Gasteiger charge is 2.13. The van der Waals surface area contributed by atoms with E-state index in [9.17, 15) is 13.2 Å². The van der Waals surface area contributed by atoms with Gasteiger partial charge in [0.15, 0.2) is 9.84 Å². The van der Waals surface area contributed by atoms with Crippen LogP contribution in [0.25, 0.3) is 0 Å². The summed E-state index contributed by atoms with van der Waals surface area (Å²) in [6.07, 6.45) is -0.497. The van der Waals surface area contributed by atoms with E-state index in [1.807, 2.05) is 0 Å². The van der Waals surface area contributed by atoms with Crippen LogP contribution in [0.5, 0.6) is 5.75 Å². The van der Waals surface area contributed by atoms with E-state index >= 15 is 0 Å². The van der Waals surface area contributed by atoms with Crippen LogP contribution in [-0.4, -0.2) is 20.3 Å². The van der Waals surface area contributed by atoms with Gasteiger partial charge in [-0.05, 0) is 36.2 Å². The maximum absolute atomic E-state index is 12.1. The van der Waals surface area contributed by atoms with Crippen LogP contribution in [0.15, 0.2) is 59.5 Å². The number of carbonyl (C=O) groups is 1. The van der Waals surface area contributed by atoms with Crippen molar-refractivity contribution in [3.63, 3.8) is 0 Å². The summed E-state index contributed by atoms with van der Waals surface area (Å²) in [6, 6.07) is 14.9. The van der Waals surface area contributed by atoms with Crippen molar-refractivity contribution in [2.75, 3.05) is 5.75 Å². The van der Waals surface area contributed by atoms with Crippen LogP contribution in [0.4, 0.5) is 4.79 Å². The molecule has 0 aliphatic carbocycles. The molecule has 0 fully saturated rings. The molecule has 0 spiro atoms. The first-order valence-corrected chi connectivity index (χ1v) is 7.97. The molecule has 5 nitrogen and oxygen atoms in total. The van der Waals surface area contributed by atoms with Crippen LogP contribution in [0.1, 0.15) is 5.56 Å². The van der Waals surface area contributed by atoms with Crippen molar-refractivity contribution in [3.8, 4) is 5.75 Å². The molecular weight excluding hydrogens is 290 g/mol. The van der Waals surface area contributed by atoms with Crippen LogP contribution in [-0.2, 0) is 16.3 Å². The van der Waals surface area contributed by atoms with Gasteiger partial charge >= 0.3 is 6.09 Å². The second kappa shape index (κ2) is 6.41. The van der Waals surface area contributed by atoms with Gasteiger partial charge in [0.2, 0.25) is 0 Å². The molecule has 0 aliphatic rings. The fourth-order valence-corrected chi connectivity index (χ4v) is 3.15. The molecule has 6 heteroatoms. The van der Waals surface area contributed by atoms with E-state index in [0.29, 0.717) is 17.1 Å². The van der Waals surface area contributed by atoms with Crippen LogP contribution >= 0.6 is 0 Å². The predicted molar refractivity (Wildman–Crippen MR) is 78.9 cm³/mol. The number of amides is 1. The van der Waals surface area contributed by atoms with E-state index in [2.05, 4.69) is 0 Å². The van der Waals surface area contributed by atoms with Crippen molar-refractivity contribution in [1.82, 2.24) is 0 Å². The lowest BCUT2D eigenvalue weighted by molar-refractivity contribution is 0.211. The smallest absolute Gasteiger partial charge is 0.409 e. The second-order valence-electron chi connectivity index (χ2n) is 4.45. The van der Waals surface area contributed by atoms with Crippen molar-refractivity contribution < 1.29 is 17.9 Å². The summed E-state index contributed by atoms with van der Waals surface area (Å²) in [5.74, 6) is 0.352. The van der Waals surface area contributed by atoms with Crippen LogP contribution in [0.2, 0.25) is 0 Å². The Bertz CT molecular complexity index is 709. The Balaban J connectivity index is 2.01. The first kappa shape index (κ1) is 15.1. The highest BCUT2D eigenvalue weighted by molar-refractivity contribution is 7.91. The number of aryl methyl sites for hydroxylation is 1. The molecule has 0 aliphatic heterocycles. The van der Waals surface area contributed by atoms with Gasteiger partial charge in [-0.3, -0.25) is 0 Å². The highest BCUT2D eigenvalue weighted by atomic mass is 32.2. The zero-order chi connectivity index (χ0) is 15.3. The molecule has 0 atom stereocenters. The Morgan fingerprint density at radius 2 is 1.62 bits per heavy atom. The first-order chi connectivity index (χ1) is 9.97. The van der Waals surface area contributed by atoms with Crippen molar-refractivity contribution >= 4 is 15.9 Å². The van der Waals surface area contributed by atoms with E-state index in [0.717, 1.165) is 5.56 Å². The molecule has 0 heterocycles. The maximum Gasteiger partial charge on any atom is 0.409 e. The maximum atomic E-state index is 12.1. The Hall–Kier alpha value is -2.34. The Kier molecular flexibility index (Phi) is 4.59. The number of hydrogen-bond donors (Lipinski definition) is 1. The minimum absolute atomic E-state index is 0.0209. The van der Waals surface area contributed by atoms with Gasteiger partial charge in [-0.15, -0.1) is 0 Å². The Morgan fingerprint density at radius 1 is 1.00 bits per heavy atom. The van der Waals surface area contributed by atoms with Gasteiger partial charge in [0.1, 0.15) is 5.75 Å². The topological polar surface area (TPSA) is 86.5 Å². The molecule has 2 aromatic rings. The average molecular weight is 305 g/mol. The normalized spacial score (nSPS) is 11.0. The number of carbonyl (C=O) groups excluding carboxylic acids is 1. The van der Waals surface area contributed by atoms with Gasteiger partial charge in [0.25, 0.3) is 0 Å². The minimum atomic E-state index is -3.29. The third kappa shape index (κ3) is 4.32. The number of rotatable bonds is 5. The number of ether oxygens (including phenoxy) is 1. The standard InChI is InChI=1S/C15H15NO4S/c16-15(17)20-13-8-6-12(7-9-13)10-11-21(18,19)14-4-2-1-3-5-14/h1-9H,10-11H2,(H2,16,17). The molecular formula is C15H15NO4S. The summed E-state index contributed by atoms with van der Waals surface area (Å²) in [5, 5.41) is 0. The lowest BCUT2D eigenvalue weighted by atomic mass is 10.2. The molecule has 0 saturated carbocycles. The van der Waals surface area contributed by atoms with E-state index in [4.69, 9.17) is 10.5 Å². The summed E-state index contributed by atoms with van der Waals surface area (Å²) in [4.78, 5) is 10.9. The molecule has 0 bridgehead atoms. The van der Waals surface area contributed by atoms with Gasteiger partial charge in [0, 0.05) is 0 Å². The summed E-state index contributed by atoms with van der Waals surface area (Å²) in [5.41, 5.74) is 5.74. The third-order valence-electron chi connectivity index (χ3n) is 2.90. The SMILES string of the molecule is NC(=O)Oc1ccc(CCS(=O)(=O)c2ccccc2)cc1. The highest BCUT2D eigenvalue weighted by Crippen LogP contribution is 2.15. The second-order valence-corrected chi connectivity index (χ2v) is 6.56. The predicted octanol–water partition coefficient (Wildman–Crippen LogP) is 2.16. The lowest BCUT2D eigenvalue weighted by Crippen LogP contribution is -2.16. The van der Waals surface area contributed by atoms with Gasteiger partial charge in [-0.2, -0.15) is 0 Å². The molecule has 2 aromatic carbocycles. The van der Waals surface area contributed by atoms with Gasteiger partial charge in [0.05, 0.1) is 10.6 Å². The van der Waals surface area contributed by atoms with E-state index < -0.39 is 15.9 Å². The fourth-order valence-electron chi connectivity index (χ4n) is 1.84. The molecule has 1 amide bonds. The molecule has 0 radical (unpaired) electrons. The molecule has 2 N–H and O–H groups in total. The lowest BCUT2D eigenvalue weighted by Gasteiger charge is -2.05. The number of nitrogens with two attached hydrogens (primary N) is 1. The molecule has 2 rings (SSSR count). The zero-order valence-electron chi connectivity index (χ0n) is 11.2. The summed E-state index contributed by atoms with van der Waals surface area (Å²) in [7, 11) is -3.29. The van der Waals surface area contributed by atoms with E-state index in [-0.39, 0.29) is 5.75 Å². The van der Waals surface area contributed by atoms with Crippen LogP contribution < -0.4 is 10.5 Å². The van der Waals surface area contributed by atoms with Gasteiger partial charge in [-0.25, -0.2) is 13.2 Å². The van der Waals surface area contributed by atoms with E-state index in [1.54, 1.807) is 54.6 Å². The Labute approximate surface area is 123 Å². The average Bonchev–Trinajstić information content (AvgIpc) is 2.47. The fraction of sp³-hybridized carbons (Fsp3) is 0.133. The minimum Gasteiger partial charge on any atom is -0.411 e. The summed E-state index contributed by atoms with van der Waals surface area (Å²) in [6.45, 7) is 0. The first-order valence-electron chi connectivity index (χ1n) is 6.31. The van der Waals surface area contributed by atoms with Gasteiger partial charge < -0.3 is 10.5 Å². The Morgan fingerprint density at radius 3 is 2.19 bits per heavy atom. The number of hydrogen-bond acceptors (Lipinski definition) is 4. The largest absolute Gasteiger partial charge is 0.411 e. The molecule has 110 valence electrons. The number of benzene rings is 2. The molecule has 21 heavy (non-hydrogen) atoms. The molecule has 0 aromatic heterocycles. The van der Waals surface area contributed by atoms with Crippen molar-refractivity contribution in [2.45, 2.75) is 11.3 Å². The summed E-state index contributed by atoms with van der Waals surface area (Å²) >= 11 is 0. The number of sulfone groups is 1. The zero-order valence-corrected chi connectivity index (χ0v) is 12.0. The van der Waals surface area contributed by atoms with Crippen molar-refractivity contribution in [1.29, 1.82) is 0 Å². The van der Waals surface area contributed by atoms with Crippen LogP contribution in [0, 0.1) is 0 Å². The van der Waals surface area contributed by atoms with Gasteiger partial charge in [-0.1, -0.05) is 30.3 Å².